The Morgan fingerprint density at radius 3 is 2.48 bits per heavy atom. The van der Waals surface area contributed by atoms with Crippen molar-refractivity contribution in [3.63, 3.8) is 0 Å². The third kappa shape index (κ3) is 4.20. The Labute approximate surface area is 152 Å². The summed E-state index contributed by atoms with van der Waals surface area (Å²) in [7, 11) is 3.10. The van der Waals surface area contributed by atoms with E-state index >= 15 is 0 Å². The molecule has 1 saturated heterocycles. The molecule has 1 amide bonds. The highest BCUT2D eigenvalue weighted by atomic mass is 32.2. The Hall–Kier alpha value is -2.34. The molecule has 1 aliphatic rings. The van der Waals surface area contributed by atoms with Gasteiger partial charge in [0.2, 0.25) is 0 Å². The topological polar surface area (TPSA) is 42.0 Å². The van der Waals surface area contributed by atoms with Crippen LogP contribution in [0.2, 0.25) is 0 Å². The molecule has 0 N–H and O–H groups in total. The molecule has 0 aliphatic carbocycles. The van der Waals surface area contributed by atoms with Gasteiger partial charge in [-0.15, -0.1) is 0 Å². The number of ether oxygens (including phenoxy) is 2. The van der Waals surface area contributed by atoms with E-state index in [4.69, 9.17) is 9.47 Å². The maximum atomic E-state index is 11.6. The smallest absolute Gasteiger partial charge is 0.409 e. The van der Waals surface area contributed by atoms with Crippen LogP contribution >= 0.6 is 11.8 Å². The third-order valence-corrected chi connectivity index (χ3v) is 5.24. The molecule has 0 radical (unpaired) electrons. The molecule has 25 heavy (non-hydrogen) atoms. The van der Waals surface area contributed by atoms with E-state index in [1.807, 2.05) is 18.2 Å². The maximum Gasteiger partial charge on any atom is 0.409 e. The number of carbonyl (C=O) groups is 1. The van der Waals surface area contributed by atoms with Gasteiger partial charge in [-0.3, -0.25) is 0 Å². The van der Waals surface area contributed by atoms with Gasteiger partial charge in [0, 0.05) is 36.0 Å². The molecular weight excluding hydrogens is 336 g/mol. The lowest BCUT2D eigenvalue weighted by Crippen LogP contribution is -2.48. The van der Waals surface area contributed by atoms with Gasteiger partial charge in [-0.25, -0.2) is 4.79 Å². The first-order valence-corrected chi connectivity index (χ1v) is 9.01. The number of anilines is 1. The summed E-state index contributed by atoms with van der Waals surface area (Å²) < 4.78 is 10.1. The van der Waals surface area contributed by atoms with Crippen LogP contribution in [0.3, 0.4) is 0 Å². The van der Waals surface area contributed by atoms with E-state index in [1.165, 1.54) is 17.7 Å². The molecule has 6 heteroatoms. The van der Waals surface area contributed by atoms with Gasteiger partial charge in [0.05, 0.1) is 19.9 Å². The second kappa shape index (κ2) is 8.16. The quantitative estimate of drug-likeness (QED) is 0.833. The summed E-state index contributed by atoms with van der Waals surface area (Å²) in [6, 6.07) is 16.4. The first kappa shape index (κ1) is 17.5. The van der Waals surface area contributed by atoms with Crippen molar-refractivity contribution in [1.82, 2.24) is 4.90 Å². The van der Waals surface area contributed by atoms with Gasteiger partial charge in [0.25, 0.3) is 0 Å². The van der Waals surface area contributed by atoms with Gasteiger partial charge < -0.3 is 19.3 Å². The maximum absolute atomic E-state index is 11.6. The van der Waals surface area contributed by atoms with Crippen LogP contribution in [0, 0.1) is 0 Å². The van der Waals surface area contributed by atoms with Crippen molar-refractivity contribution in [2.75, 3.05) is 45.3 Å². The average molecular weight is 358 g/mol. The summed E-state index contributed by atoms with van der Waals surface area (Å²) in [6.45, 7) is 2.94. The lowest BCUT2D eigenvalue weighted by Gasteiger charge is -2.36. The summed E-state index contributed by atoms with van der Waals surface area (Å²) in [5, 5.41) is 0. The van der Waals surface area contributed by atoms with Crippen LogP contribution in [-0.2, 0) is 4.74 Å². The summed E-state index contributed by atoms with van der Waals surface area (Å²) >= 11 is 1.72. The molecule has 0 spiro atoms. The van der Waals surface area contributed by atoms with E-state index < -0.39 is 0 Å². The lowest BCUT2D eigenvalue weighted by atomic mass is 10.2. The Morgan fingerprint density at radius 2 is 1.76 bits per heavy atom. The Bertz CT molecular complexity index is 730. The largest absolute Gasteiger partial charge is 0.497 e. The molecule has 0 unspecified atom stereocenters. The highest BCUT2D eigenvalue weighted by molar-refractivity contribution is 7.99. The lowest BCUT2D eigenvalue weighted by molar-refractivity contribution is 0.121. The first-order chi connectivity index (χ1) is 12.2. The van der Waals surface area contributed by atoms with Crippen molar-refractivity contribution in [2.45, 2.75) is 9.79 Å². The number of para-hydroxylation sites is 1. The van der Waals surface area contributed by atoms with Crippen molar-refractivity contribution >= 4 is 23.5 Å². The van der Waals surface area contributed by atoms with Gasteiger partial charge in [-0.05, 0) is 30.3 Å². The number of benzene rings is 2. The minimum Gasteiger partial charge on any atom is -0.497 e. The SMILES string of the molecule is COC(=O)N1CCN(c2ccccc2Sc2cccc(OC)c2)CC1. The van der Waals surface area contributed by atoms with E-state index in [0.29, 0.717) is 13.1 Å². The van der Waals surface area contributed by atoms with E-state index in [1.54, 1.807) is 23.8 Å². The number of amides is 1. The third-order valence-electron chi connectivity index (χ3n) is 4.19. The number of piperazine rings is 1. The van der Waals surface area contributed by atoms with Gasteiger partial charge in [0.15, 0.2) is 0 Å². The van der Waals surface area contributed by atoms with Gasteiger partial charge in [-0.2, -0.15) is 0 Å². The monoisotopic (exact) mass is 358 g/mol. The zero-order chi connectivity index (χ0) is 17.6. The summed E-state index contributed by atoms with van der Waals surface area (Å²) in [6.07, 6.45) is -0.251. The average Bonchev–Trinajstić information content (AvgIpc) is 2.68. The molecule has 1 aliphatic heterocycles. The highest BCUT2D eigenvalue weighted by Crippen LogP contribution is 2.36. The second-order valence-electron chi connectivity index (χ2n) is 5.69. The number of nitrogens with zero attached hydrogens (tertiary/aromatic N) is 2. The molecule has 2 aromatic carbocycles. The first-order valence-electron chi connectivity index (χ1n) is 8.20. The molecule has 5 nitrogen and oxygen atoms in total. The van der Waals surface area contributed by atoms with Gasteiger partial charge >= 0.3 is 6.09 Å². The fourth-order valence-electron chi connectivity index (χ4n) is 2.86. The van der Waals surface area contributed by atoms with E-state index in [2.05, 4.69) is 35.2 Å². The van der Waals surface area contributed by atoms with Crippen LogP contribution in [0.4, 0.5) is 10.5 Å². The van der Waals surface area contributed by atoms with Crippen molar-refractivity contribution < 1.29 is 14.3 Å². The van der Waals surface area contributed by atoms with E-state index in [9.17, 15) is 4.79 Å². The number of rotatable bonds is 4. The van der Waals surface area contributed by atoms with Gasteiger partial charge in [-0.1, -0.05) is 30.0 Å². The number of carbonyl (C=O) groups excluding carboxylic acids is 1. The molecule has 1 fully saturated rings. The molecule has 3 rings (SSSR count). The normalized spacial score (nSPS) is 14.3. The Morgan fingerprint density at radius 1 is 1.00 bits per heavy atom. The number of hydrogen-bond acceptors (Lipinski definition) is 5. The van der Waals surface area contributed by atoms with Crippen LogP contribution in [-0.4, -0.2) is 51.4 Å². The second-order valence-corrected chi connectivity index (χ2v) is 6.81. The number of methoxy groups -OCH3 is 2. The fraction of sp³-hybridized carbons (Fsp3) is 0.316. The molecule has 0 atom stereocenters. The van der Waals surface area contributed by atoms with Crippen LogP contribution in [0.25, 0.3) is 0 Å². The Balaban J connectivity index is 1.74. The zero-order valence-corrected chi connectivity index (χ0v) is 15.3. The molecule has 132 valence electrons. The van der Waals surface area contributed by atoms with Crippen molar-refractivity contribution in [3.05, 3.63) is 48.5 Å². The van der Waals surface area contributed by atoms with Crippen molar-refractivity contribution in [1.29, 1.82) is 0 Å². The van der Waals surface area contributed by atoms with Crippen LogP contribution < -0.4 is 9.64 Å². The van der Waals surface area contributed by atoms with Gasteiger partial charge in [0.1, 0.15) is 5.75 Å². The van der Waals surface area contributed by atoms with Crippen LogP contribution in [0.15, 0.2) is 58.3 Å². The van der Waals surface area contributed by atoms with Crippen molar-refractivity contribution in [3.8, 4) is 5.75 Å². The molecule has 0 bridgehead atoms. The van der Waals surface area contributed by atoms with E-state index in [-0.39, 0.29) is 6.09 Å². The van der Waals surface area contributed by atoms with Crippen molar-refractivity contribution in [2.24, 2.45) is 0 Å². The molecule has 0 aromatic heterocycles. The summed E-state index contributed by atoms with van der Waals surface area (Å²) in [5.74, 6) is 0.856. The fourth-order valence-corrected chi connectivity index (χ4v) is 3.88. The zero-order valence-electron chi connectivity index (χ0n) is 14.5. The van der Waals surface area contributed by atoms with Crippen LogP contribution in [0.1, 0.15) is 0 Å². The molecule has 0 saturated carbocycles. The van der Waals surface area contributed by atoms with E-state index in [0.717, 1.165) is 23.7 Å². The standard InChI is InChI=1S/C19H22N2O3S/c1-23-15-6-5-7-16(14-15)25-18-9-4-3-8-17(18)20-10-12-21(13-11-20)19(22)24-2/h3-9,14H,10-13H2,1-2H3. The molecular formula is C19H22N2O3S. The summed E-state index contributed by atoms with van der Waals surface area (Å²) in [5.41, 5.74) is 1.19. The molecule has 2 aromatic rings. The highest BCUT2D eigenvalue weighted by Gasteiger charge is 2.23. The molecule has 1 heterocycles. The number of hydrogen-bond donors (Lipinski definition) is 0. The summed E-state index contributed by atoms with van der Waals surface area (Å²) in [4.78, 5) is 18.0. The predicted molar refractivity (Wildman–Crippen MR) is 99.8 cm³/mol. The Kier molecular flexibility index (Phi) is 5.71. The van der Waals surface area contributed by atoms with Crippen LogP contribution in [0.5, 0.6) is 5.75 Å². The minimum atomic E-state index is -0.251. The minimum absolute atomic E-state index is 0.251. The predicted octanol–water partition coefficient (Wildman–Crippen LogP) is 3.73.